The van der Waals surface area contributed by atoms with Crippen LogP contribution in [0.25, 0.3) is 0 Å². The van der Waals surface area contributed by atoms with Crippen LogP contribution in [0.2, 0.25) is 0 Å². The van der Waals surface area contributed by atoms with Gasteiger partial charge in [-0.15, -0.1) is 0 Å². The molecule has 0 bridgehead atoms. The maximum Gasteiger partial charge on any atom is 0.387 e. The van der Waals surface area contributed by atoms with Crippen LogP contribution in [0.1, 0.15) is 50.9 Å². The topological polar surface area (TPSA) is 49.9 Å². The number of benzene rings is 1. The van der Waals surface area contributed by atoms with Crippen molar-refractivity contribution >= 4 is 11.8 Å². The molecule has 1 aromatic carbocycles. The van der Waals surface area contributed by atoms with Gasteiger partial charge in [-0.05, 0) is 52.7 Å². The summed E-state index contributed by atoms with van der Waals surface area (Å²) in [7, 11) is 0. The van der Waals surface area contributed by atoms with E-state index >= 15 is 0 Å². The van der Waals surface area contributed by atoms with Crippen molar-refractivity contribution in [3.05, 3.63) is 29.8 Å². The summed E-state index contributed by atoms with van der Waals surface area (Å²) in [5.74, 6) is -0.772. The van der Waals surface area contributed by atoms with E-state index in [4.69, 9.17) is 0 Å². The van der Waals surface area contributed by atoms with Gasteiger partial charge in [0.15, 0.2) is 0 Å². The average Bonchev–Trinajstić information content (AvgIpc) is 2.60. The first-order valence-corrected chi connectivity index (χ1v) is 9.37. The smallest absolute Gasteiger partial charge is 0.387 e. The summed E-state index contributed by atoms with van der Waals surface area (Å²) in [5, 5.41) is 0. The standard InChI is InChI=1S/C20H28F2N2O3/c1-13(2)24(14(3)4)18(25)15-8-7-11-23(12-15)19(26)16-9-5-6-10-17(16)27-20(21)22/h5-6,9-10,13-15,20H,7-8,11-12H2,1-4H3. The third-order valence-corrected chi connectivity index (χ3v) is 4.76. The van der Waals surface area contributed by atoms with Gasteiger partial charge in [0.2, 0.25) is 5.91 Å². The fourth-order valence-corrected chi connectivity index (χ4v) is 3.69. The van der Waals surface area contributed by atoms with Crippen molar-refractivity contribution in [3.8, 4) is 5.75 Å². The molecule has 0 N–H and O–H groups in total. The van der Waals surface area contributed by atoms with Crippen molar-refractivity contribution in [1.82, 2.24) is 9.80 Å². The van der Waals surface area contributed by atoms with Crippen LogP contribution < -0.4 is 4.74 Å². The van der Waals surface area contributed by atoms with E-state index < -0.39 is 6.61 Å². The fraction of sp³-hybridized carbons (Fsp3) is 0.600. The molecular weight excluding hydrogens is 354 g/mol. The number of hydrogen-bond acceptors (Lipinski definition) is 3. The molecule has 1 atom stereocenters. The van der Waals surface area contributed by atoms with Crippen molar-refractivity contribution in [2.75, 3.05) is 13.1 Å². The Labute approximate surface area is 159 Å². The normalized spacial score (nSPS) is 17.5. The average molecular weight is 382 g/mol. The molecule has 150 valence electrons. The number of alkyl halides is 2. The van der Waals surface area contributed by atoms with Crippen LogP contribution in [-0.4, -0.2) is 53.4 Å². The van der Waals surface area contributed by atoms with Crippen molar-refractivity contribution in [2.45, 2.75) is 59.2 Å². The Morgan fingerprint density at radius 3 is 2.37 bits per heavy atom. The molecule has 0 saturated carbocycles. The zero-order valence-electron chi connectivity index (χ0n) is 16.3. The Bertz CT molecular complexity index is 656. The molecule has 0 aliphatic carbocycles. The van der Waals surface area contributed by atoms with Gasteiger partial charge in [0.25, 0.3) is 5.91 Å². The number of hydrogen-bond donors (Lipinski definition) is 0. The number of halogens is 2. The Morgan fingerprint density at radius 1 is 1.15 bits per heavy atom. The number of likely N-dealkylation sites (tertiary alicyclic amines) is 1. The van der Waals surface area contributed by atoms with Crippen LogP contribution in [0.4, 0.5) is 8.78 Å². The predicted octanol–water partition coefficient (Wildman–Crippen LogP) is 3.79. The lowest BCUT2D eigenvalue weighted by atomic mass is 9.94. The van der Waals surface area contributed by atoms with Crippen LogP contribution in [0.5, 0.6) is 5.75 Å². The van der Waals surface area contributed by atoms with E-state index in [-0.39, 0.29) is 47.7 Å². The van der Waals surface area contributed by atoms with Gasteiger partial charge >= 0.3 is 6.61 Å². The fourth-order valence-electron chi connectivity index (χ4n) is 3.69. The lowest BCUT2D eigenvalue weighted by Crippen LogP contribution is -2.50. The molecule has 1 heterocycles. The van der Waals surface area contributed by atoms with Crippen molar-refractivity contribution in [3.63, 3.8) is 0 Å². The van der Waals surface area contributed by atoms with E-state index in [9.17, 15) is 18.4 Å². The summed E-state index contributed by atoms with van der Waals surface area (Å²) in [6, 6.07) is 6.12. The van der Waals surface area contributed by atoms with Gasteiger partial charge in [-0.2, -0.15) is 8.78 Å². The van der Waals surface area contributed by atoms with Crippen molar-refractivity contribution in [1.29, 1.82) is 0 Å². The predicted molar refractivity (Wildman–Crippen MR) is 98.8 cm³/mol. The molecule has 0 spiro atoms. The van der Waals surface area contributed by atoms with Crippen LogP contribution >= 0.6 is 0 Å². The molecule has 5 nitrogen and oxygen atoms in total. The summed E-state index contributed by atoms with van der Waals surface area (Å²) in [6.07, 6.45) is 1.41. The Morgan fingerprint density at radius 2 is 1.78 bits per heavy atom. The maximum absolute atomic E-state index is 13.0. The Kier molecular flexibility index (Phi) is 7.16. The maximum atomic E-state index is 13.0. The second-order valence-corrected chi connectivity index (χ2v) is 7.40. The van der Waals surface area contributed by atoms with E-state index in [0.29, 0.717) is 19.4 Å². The highest BCUT2D eigenvalue weighted by atomic mass is 19.3. The lowest BCUT2D eigenvalue weighted by Gasteiger charge is -2.38. The molecule has 1 fully saturated rings. The van der Waals surface area contributed by atoms with Gasteiger partial charge < -0.3 is 14.5 Å². The van der Waals surface area contributed by atoms with Gasteiger partial charge in [0.05, 0.1) is 11.5 Å². The molecule has 7 heteroatoms. The van der Waals surface area contributed by atoms with Crippen LogP contribution in [-0.2, 0) is 4.79 Å². The van der Waals surface area contributed by atoms with E-state index in [1.165, 1.54) is 12.1 Å². The number of carbonyl (C=O) groups is 2. The van der Waals surface area contributed by atoms with Gasteiger partial charge in [0, 0.05) is 25.2 Å². The van der Waals surface area contributed by atoms with Crippen LogP contribution in [0.3, 0.4) is 0 Å². The zero-order valence-corrected chi connectivity index (χ0v) is 16.3. The molecule has 27 heavy (non-hydrogen) atoms. The first-order chi connectivity index (χ1) is 12.7. The molecule has 0 aromatic heterocycles. The van der Waals surface area contributed by atoms with E-state index in [0.717, 1.165) is 0 Å². The summed E-state index contributed by atoms with van der Waals surface area (Å²) in [5.41, 5.74) is 0.0930. The second kappa shape index (κ2) is 9.15. The van der Waals surface area contributed by atoms with E-state index in [1.807, 2.05) is 32.6 Å². The number of amides is 2. The highest BCUT2D eigenvalue weighted by molar-refractivity contribution is 5.97. The van der Waals surface area contributed by atoms with Gasteiger partial charge in [-0.3, -0.25) is 9.59 Å². The third-order valence-electron chi connectivity index (χ3n) is 4.76. The van der Waals surface area contributed by atoms with E-state index in [2.05, 4.69) is 4.74 Å². The Balaban J connectivity index is 2.16. The number of piperidine rings is 1. The SMILES string of the molecule is CC(C)N(C(=O)C1CCCN(C(=O)c2ccccc2OC(F)F)C1)C(C)C. The molecule has 1 aliphatic heterocycles. The molecular formula is C20H28F2N2O3. The molecule has 2 amide bonds. The minimum Gasteiger partial charge on any atom is -0.434 e. The summed E-state index contributed by atoms with van der Waals surface area (Å²) >= 11 is 0. The van der Waals surface area contributed by atoms with Gasteiger partial charge in [0.1, 0.15) is 5.75 Å². The number of carbonyl (C=O) groups excluding carboxylic acids is 2. The molecule has 0 radical (unpaired) electrons. The van der Waals surface area contributed by atoms with Gasteiger partial charge in [-0.25, -0.2) is 0 Å². The highest BCUT2D eigenvalue weighted by Gasteiger charge is 2.34. The monoisotopic (exact) mass is 382 g/mol. The number of nitrogens with zero attached hydrogens (tertiary/aromatic N) is 2. The quantitative estimate of drug-likeness (QED) is 0.752. The summed E-state index contributed by atoms with van der Waals surface area (Å²) in [6.45, 7) is 5.68. The molecule has 1 aliphatic rings. The number of para-hydroxylation sites is 1. The third kappa shape index (κ3) is 5.17. The van der Waals surface area contributed by atoms with Crippen LogP contribution in [0.15, 0.2) is 24.3 Å². The molecule has 1 saturated heterocycles. The number of ether oxygens (including phenoxy) is 1. The minimum atomic E-state index is -3.00. The van der Waals surface area contributed by atoms with E-state index in [1.54, 1.807) is 17.0 Å². The molecule has 2 rings (SSSR count). The van der Waals surface area contributed by atoms with Gasteiger partial charge in [-0.1, -0.05) is 12.1 Å². The highest BCUT2D eigenvalue weighted by Crippen LogP contribution is 2.26. The lowest BCUT2D eigenvalue weighted by molar-refractivity contribution is -0.140. The summed E-state index contributed by atoms with van der Waals surface area (Å²) in [4.78, 5) is 29.3. The van der Waals surface area contributed by atoms with Crippen molar-refractivity contribution in [2.24, 2.45) is 5.92 Å². The minimum absolute atomic E-state index is 0.0367. The Hall–Kier alpha value is -2.18. The number of rotatable bonds is 6. The first kappa shape index (κ1) is 21.1. The molecule has 1 aromatic rings. The largest absolute Gasteiger partial charge is 0.434 e. The van der Waals surface area contributed by atoms with Crippen molar-refractivity contribution < 1.29 is 23.1 Å². The van der Waals surface area contributed by atoms with Crippen LogP contribution in [0, 0.1) is 5.92 Å². The zero-order chi connectivity index (χ0) is 20.1. The first-order valence-electron chi connectivity index (χ1n) is 9.37. The summed E-state index contributed by atoms with van der Waals surface area (Å²) < 4.78 is 29.7. The second-order valence-electron chi connectivity index (χ2n) is 7.40. The molecule has 1 unspecified atom stereocenters.